The van der Waals surface area contributed by atoms with Gasteiger partial charge in [0.2, 0.25) is 0 Å². The molecule has 1 aliphatic rings. The molecule has 0 radical (unpaired) electrons. The molecule has 2 heterocycles. The van der Waals surface area contributed by atoms with Gasteiger partial charge in [-0.05, 0) is 12.5 Å². The van der Waals surface area contributed by atoms with Gasteiger partial charge in [0.05, 0.1) is 41.3 Å². The maximum absolute atomic E-state index is 11.1. The summed E-state index contributed by atoms with van der Waals surface area (Å²) in [5.41, 5.74) is 0.0964. The van der Waals surface area contributed by atoms with E-state index in [-0.39, 0.29) is 29.6 Å². The Labute approximate surface area is 135 Å². The molecule has 0 amide bonds. The third kappa shape index (κ3) is 3.30. The molecule has 1 fully saturated rings. The maximum Gasteiger partial charge on any atom is 0.299 e. The number of benzene rings is 1. The number of nitro benzene ring substituents is 2. The molecule has 1 N–H and O–H groups in total. The molecule has 0 spiro atoms. The molecule has 11 nitrogen and oxygen atoms in total. The molecule has 2 aromatic rings. The Morgan fingerprint density at radius 1 is 1.33 bits per heavy atom. The second kappa shape index (κ2) is 6.58. The molecule has 126 valence electrons. The fourth-order valence-corrected chi connectivity index (χ4v) is 2.42. The zero-order valence-corrected chi connectivity index (χ0v) is 12.5. The highest BCUT2D eigenvalue weighted by Crippen LogP contribution is 2.29. The number of hydrogen-bond donors (Lipinski definition) is 1. The van der Waals surface area contributed by atoms with Crippen LogP contribution in [0.4, 0.5) is 17.1 Å². The highest BCUT2D eigenvalue weighted by atomic mass is 16.6. The second-order valence-electron chi connectivity index (χ2n) is 5.28. The van der Waals surface area contributed by atoms with Crippen molar-refractivity contribution in [2.45, 2.75) is 19.0 Å². The number of ether oxygens (including phenoxy) is 1. The lowest BCUT2D eigenvalue weighted by Crippen LogP contribution is -2.09. The molecule has 1 saturated heterocycles. The van der Waals surface area contributed by atoms with Crippen LogP contribution in [0.15, 0.2) is 24.4 Å². The summed E-state index contributed by atoms with van der Waals surface area (Å²) in [4.78, 5) is 20.5. The first kappa shape index (κ1) is 15.8. The van der Waals surface area contributed by atoms with Gasteiger partial charge in [0.1, 0.15) is 11.4 Å². The maximum atomic E-state index is 11.1. The first-order valence-electron chi connectivity index (χ1n) is 7.20. The zero-order chi connectivity index (χ0) is 17.1. The standard InChI is InChI=1S/C13H14N6O5/c20-18(21)10-1-2-12(13(5-10)19(22)23)14-6-9-7-17(16-15-9)11-3-4-24-8-11/h1-2,5,7,11,14H,3-4,6,8H2. The van der Waals surface area contributed by atoms with E-state index in [9.17, 15) is 20.2 Å². The molecular weight excluding hydrogens is 320 g/mol. The van der Waals surface area contributed by atoms with Gasteiger partial charge >= 0.3 is 0 Å². The SMILES string of the molecule is O=[N+]([O-])c1ccc(NCc2cn(C3CCOC3)nn2)c([N+](=O)[O-])c1. The Bertz CT molecular complexity index is 770. The van der Waals surface area contributed by atoms with Crippen LogP contribution in [0.2, 0.25) is 0 Å². The molecule has 11 heteroatoms. The first-order chi connectivity index (χ1) is 11.5. The Morgan fingerprint density at radius 2 is 2.17 bits per heavy atom. The molecule has 0 aliphatic carbocycles. The van der Waals surface area contributed by atoms with Gasteiger partial charge in [-0.1, -0.05) is 5.21 Å². The van der Waals surface area contributed by atoms with E-state index < -0.39 is 9.85 Å². The fraction of sp³-hybridized carbons (Fsp3) is 0.385. The average molecular weight is 334 g/mol. The number of nitrogens with zero attached hydrogens (tertiary/aromatic N) is 5. The summed E-state index contributed by atoms with van der Waals surface area (Å²) >= 11 is 0. The van der Waals surface area contributed by atoms with Crippen LogP contribution < -0.4 is 5.32 Å². The monoisotopic (exact) mass is 334 g/mol. The number of nitrogens with one attached hydrogen (secondary N) is 1. The summed E-state index contributed by atoms with van der Waals surface area (Å²) in [7, 11) is 0. The van der Waals surface area contributed by atoms with Crippen molar-refractivity contribution in [1.29, 1.82) is 0 Å². The van der Waals surface area contributed by atoms with Crippen LogP contribution in [0.25, 0.3) is 0 Å². The minimum Gasteiger partial charge on any atom is -0.379 e. The summed E-state index contributed by atoms with van der Waals surface area (Å²) in [6.45, 7) is 1.49. The smallest absolute Gasteiger partial charge is 0.299 e. The predicted octanol–water partition coefficient (Wildman–Crippen LogP) is 1.67. The molecule has 1 unspecified atom stereocenters. The van der Waals surface area contributed by atoms with Gasteiger partial charge in [-0.15, -0.1) is 5.10 Å². The van der Waals surface area contributed by atoms with Gasteiger partial charge < -0.3 is 10.1 Å². The molecule has 0 bridgehead atoms. The number of hydrogen-bond acceptors (Lipinski definition) is 8. The number of anilines is 1. The van der Waals surface area contributed by atoms with Crippen molar-refractivity contribution >= 4 is 17.1 Å². The minimum atomic E-state index is -0.675. The Morgan fingerprint density at radius 3 is 2.83 bits per heavy atom. The third-order valence-corrected chi connectivity index (χ3v) is 3.69. The van der Waals surface area contributed by atoms with Crippen LogP contribution in [0.5, 0.6) is 0 Å². The lowest BCUT2D eigenvalue weighted by Gasteiger charge is -2.06. The van der Waals surface area contributed by atoms with Crippen molar-refractivity contribution < 1.29 is 14.6 Å². The van der Waals surface area contributed by atoms with E-state index in [4.69, 9.17) is 4.74 Å². The molecule has 1 aromatic carbocycles. The summed E-state index contributed by atoms with van der Waals surface area (Å²) in [6, 6.07) is 3.60. The van der Waals surface area contributed by atoms with E-state index in [0.29, 0.717) is 18.9 Å². The van der Waals surface area contributed by atoms with Gasteiger partial charge in [-0.25, -0.2) is 4.68 Å². The quantitative estimate of drug-likeness (QED) is 0.621. The van der Waals surface area contributed by atoms with Crippen molar-refractivity contribution in [3.8, 4) is 0 Å². The van der Waals surface area contributed by atoms with E-state index in [2.05, 4.69) is 15.6 Å². The number of nitro groups is 2. The minimum absolute atomic E-state index is 0.153. The Kier molecular flexibility index (Phi) is 4.33. The van der Waals surface area contributed by atoms with Crippen LogP contribution in [0.3, 0.4) is 0 Å². The summed E-state index contributed by atoms with van der Waals surface area (Å²) in [5.74, 6) is 0. The van der Waals surface area contributed by atoms with Crippen LogP contribution in [0, 0.1) is 20.2 Å². The first-order valence-corrected chi connectivity index (χ1v) is 7.20. The second-order valence-corrected chi connectivity index (χ2v) is 5.28. The largest absolute Gasteiger partial charge is 0.379 e. The molecular formula is C13H14N6O5. The van der Waals surface area contributed by atoms with Gasteiger partial charge in [0.15, 0.2) is 0 Å². The van der Waals surface area contributed by atoms with Gasteiger partial charge in [0.25, 0.3) is 11.4 Å². The van der Waals surface area contributed by atoms with Gasteiger partial charge in [-0.3, -0.25) is 20.2 Å². The molecule has 24 heavy (non-hydrogen) atoms. The van der Waals surface area contributed by atoms with Crippen molar-refractivity contribution in [3.63, 3.8) is 0 Å². The van der Waals surface area contributed by atoms with Crippen LogP contribution in [0.1, 0.15) is 18.2 Å². The highest BCUT2D eigenvalue weighted by Gasteiger charge is 2.21. The highest BCUT2D eigenvalue weighted by molar-refractivity contribution is 5.65. The zero-order valence-electron chi connectivity index (χ0n) is 12.5. The van der Waals surface area contributed by atoms with Gasteiger partial charge in [0, 0.05) is 12.7 Å². The third-order valence-electron chi connectivity index (χ3n) is 3.69. The predicted molar refractivity (Wildman–Crippen MR) is 81.6 cm³/mol. The molecule has 0 saturated carbocycles. The normalized spacial score (nSPS) is 16.9. The summed E-state index contributed by atoms with van der Waals surface area (Å²) in [6.07, 6.45) is 2.62. The molecule has 1 atom stereocenters. The van der Waals surface area contributed by atoms with E-state index in [0.717, 1.165) is 12.5 Å². The summed E-state index contributed by atoms with van der Waals surface area (Å²) < 4.78 is 7.00. The van der Waals surface area contributed by atoms with E-state index in [1.807, 2.05) is 0 Å². The molecule has 3 rings (SSSR count). The molecule has 1 aliphatic heterocycles. The van der Waals surface area contributed by atoms with E-state index in [1.165, 1.54) is 12.1 Å². The van der Waals surface area contributed by atoms with Crippen molar-refractivity contribution in [3.05, 3.63) is 50.3 Å². The fourth-order valence-electron chi connectivity index (χ4n) is 2.42. The van der Waals surface area contributed by atoms with Crippen LogP contribution in [-0.4, -0.2) is 38.1 Å². The number of non-ortho nitro benzene ring substituents is 1. The van der Waals surface area contributed by atoms with Crippen molar-refractivity contribution in [2.75, 3.05) is 18.5 Å². The van der Waals surface area contributed by atoms with Crippen LogP contribution >= 0.6 is 0 Å². The number of aromatic nitrogens is 3. The topological polar surface area (TPSA) is 138 Å². The summed E-state index contributed by atoms with van der Waals surface area (Å²) in [5, 5.41) is 32.7. The van der Waals surface area contributed by atoms with Crippen molar-refractivity contribution in [1.82, 2.24) is 15.0 Å². The lowest BCUT2D eigenvalue weighted by atomic mass is 10.2. The van der Waals surface area contributed by atoms with E-state index >= 15 is 0 Å². The van der Waals surface area contributed by atoms with Crippen molar-refractivity contribution in [2.24, 2.45) is 0 Å². The average Bonchev–Trinajstić information content (AvgIpc) is 3.23. The molecule has 1 aromatic heterocycles. The van der Waals surface area contributed by atoms with E-state index in [1.54, 1.807) is 10.9 Å². The van der Waals surface area contributed by atoms with Crippen LogP contribution in [-0.2, 0) is 11.3 Å². The Hall–Kier alpha value is -3.08. The Balaban J connectivity index is 1.72. The van der Waals surface area contributed by atoms with Gasteiger partial charge in [-0.2, -0.15) is 0 Å². The lowest BCUT2D eigenvalue weighted by molar-refractivity contribution is -0.393. The number of rotatable bonds is 6.